The number of amides is 4. The largest absolute Gasteiger partial charge is 0.494 e. The highest BCUT2D eigenvalue weighted by Gasteiger charge is 2.67. The Kier molecular flexibility index (Phi) is 6.71. The van der Waals surface area contributed by atoms with Crippen molar-refractivity contribution in [3.05, 3.63) is 102 Å². The molecule has 232 valence electrons. The minimum absolute atomic E-state index is 0.219. The molecular weight excluding hydrogens is 580 g/mol. The molecule has 0 N–H and O–H groups in total. The molecule has 2 heterocycles. The summed E-state index contributed by atoms with van der Waals surface area (Å²) < 4.78 is 11.2. The van der Waals surface area contributed by atoms with Gasteiger partial charge in [-0.25, -0.2) is 0 Å². The van der Waals surface area contributed by atoms with E-state index in [1.54, 1.807) is 48.5 Å². The van der Waals surface area contributed by atoms with E-state index in [0.717, 1.165) is 16.7 Å². The van der Waals surface area contributed by atoms with Crippen LogP contribution < -0.4 is 19.3 Å². The first-order valence-corrected chi connectivity index (χ1v) is 16.1. The number of benzene rings is 3. The molecule has 2 bridgehead atoms. The summed E-state index contributed by atoms with van der Waals surface area (Å²) >= 11 is 0. The van der Waals surface area contributed by atoms with Crippen LogP contribution in [-0.4, -0.2) is 36.8 Å². The van der Waals surface area contributed by atoms with Crippen LogP contribution in [0.3, 0.4) is 0 Å². The maximum absolute atomic E-state index is 14.4. The van der Waals surface area contributed by atoms with Crippen LogP contribution in [0.4, 0.5) is 11.4 Å². The first kappa shape index (κ1) is 28.5. The van der Waals surface area contributed by atoms with Crippen LogP contribution in [0.25, 0.3) is 5.57 Å². The third-order valence-electron chi connectivity index (χ3n) is 10.4. The molecule has 9 rings (SSSR count). The molecule has 3 aromatic carbocycles. The highest BCUT2D eigenvalue weighted by atomic mass is 16.5. The summed E-state index contributed by atoms with van der Waals surface area (Å²) in [5, 5.41) is 0. The van der Waals surface area contributed by atoms with Gasteiger partial charge in [0.25, 0.3) is 0 Å². The molecule has 4 aliphatic carbocycles. The number of carbonyl (C=O) groups excluding carboxylic acids is 4. The van der Waals surface area contributed by atoms with Crippen LogP contribution in [0.15, 0.2) is 96.6 Å². The molecule has 0 aromatic heterocycles. The number of imide groups is 2. The normalized spacial score (nSPS) is 29.3. The number of anilines is 2. The van der Waals surface area contributed by atoms with E-state index in [1.807, 2.05) is 50.3 Å². The summed E-state index contributed by atoms with van der Waals surface area (Å²) in [5.41, 5.74) is 4.06. The molecule has 3 fully saturated rings. The molecular formula is C38H34N2O6. The van der Waals surface area contributed by atoms with Crippen molar-refractivity contribution in [2.24, 2.45) is 41.4 Å². The first-order chi connectivity index (χ1) is 22.4. The Hall–Kier alpha value is -4.98. The van der Waals surface area contributed by atoms with Gasteiger partial charge in [-0.05, 0) is 85.9 Å². The van der Waals surface area contributed by atoms with Crippen LogP contribution in [0.1, 0.15) is 25.8 Å². The van der Waals surface area contributed by atoms with Crippen LogP contribution in [0.2, 0.25) is 0 Å². The molecule has 8 nitrogen and oxygen atoms in total. The van der Waals surface area contributed by atoms with Crippen molar-refractivity contribution >= 4 is 40.6 Å². The van der Waals surface area contributed by atoms with E-state index in [9.17, 15) is 19.2 Å². The molecule has 7 atom stereocenters. The molecule has 1 saturated carbocycles. The molecule has 3 aromatic rings. The Bertz CT molecular complexity index is 1810. The zero-order valence-corrected chi connectivity index (χ0v) is 25.7. The van der Waals surface area contributed by atoms with Gasteiger partial charge in [-0.3, -0.25) is 29.0 Å². The van der Waals surface area contributed by atoms with E-state index >= 15 is 0 Å². The van der Waals surface area contributed by atoms with Gasteiger partial charge in [0, 0.05) is 11.8 Å². The zero-order valence-electron chi connectivity index (χ0n) is 25.7. The van der Waals surface area contributed by atoms with E-state index < -0.39 is 29.6 Å². The van der Waals surface area contributed by atoms with Crippen LogP contribution >= 0.6 is 0 Å². The number of allylic oxidation sites excluding steroid dienone is 4. The van der Waals surface area contributed by atoms with E-state index in [0.29, 0.717) is 42.5 Å². The predicted octanol–water partition coefficient (Wildman–Crippen LogP) is 5.68. The lowest BCUT2D eigenvalue weighted by molar-refractivity contribution is -0.129. The summed E-state index contributed by atoms with van der Waals surface area (Å²) in [6.07, 6.45) is 4.51. The minimum Gasteiger partial charge on any atom is -0.494 e. The smallest absolute Gasteiger partial charge is 0.238 e. The average molecular weight is 615 g/mol. The monoisotopic (exact) mass is 614 g/mol. The molecule has 46 heavy (non-hydrogen) atoms. The summed E-state index contributed by atoms with van der Waals surface area (Å²) in [6.45, 7) is 4.83. The van der Waals surface area contributed by atoms with E-state index in [-0.39, 0.29) is 35.5 Å². The maximum atomic E-state index is 14.4. The van der Waals surface area contributed by atoms with Crippen molar-refractivity contribution in [3.63, 3.8) is 0 Å². The van der Waals surface area contributed by atoms with Crippen molar-refractivity contribution in [2.45, 2.75) is 20.3 Å². The number of hydrogen-bond acceptors (Lipinski definition) is 6. The zero-order chi connectivity index (χ0) is 31.7. The number of carbonyl (C=O) groups is 4. The minimum atomic E-state index is -0.623. The second kappa shape index (κ2) is 10.8. The maximum Gasteiger partial charge on any atom is 0.238 e. The highest BCUT2D eigenvalue weighted by Crippen LogP contribution is 2.63. The van der Waals surface area contributed by atoms with E-state index in [1.165, 1.54) is 9.80 Å². The summed E-state index contributed by atoms with van der Waals surface area (Å²) in [5.74, 6) is -3.07. The van der Waals surface area contributed by atoms with Crippen molar-refractivity contribution in [1.82, 2.24) is 0 Å². The highest BCUT2D eigenvalue weighted by molar-refractivity contribution is 6.24. The predicted molar refractivity (Wildman–Crippen MR) is 172 cm³/mol. The van der Waals surface area contributed by atoms with Gasteiger partial charge in [0.1, 0.15) is 11.5 Å². The Labute approximate surface area is 267 Å². The van der Waals surface area contributed by atoms with Crippen molar-refractivity contribution in [1.29, 1.82) is 0 Å². The molecule has 0 unspecified atom stereocenters. The molecule has 2 aliphatic heterocycles. The molecule has 0 radical (unpaired) electrons. The first-order valence-electron chi connectivity index (χ1n) is 16.1. The van der Waals surface area contributed by atoms with Crippen molar-refractivity contribution < 1.29 is 28.7 Å². The summed E-state index contributed by atoms with van der Waals surface area (Å²) in [7, 11) is 0. The van der Waals surface area contributed by atoms with Crippen LogP contribution in [0, 0.1) is 41.4 Å². The fourth-order valence-corrected chi connectivity index (χ4v) is 8.74. The van der Waals surface area contributed by atoms with E-state index in [2.05, 4.69) is 6.08 Å². The third kappa shape index (κ3) is 4.05. The Morgan fingerprint density at radius 2 is 1.15 bits per heavy atom. The number of rotatable bonds is 7. The topological polar surface area (TPSA) is 93.2 Å². The average Bonchev–Trinajstić information content (AvgIpc) is 3.51. The third-order valence-corrected chi connectivity index (χ3v) is 10.4. The Morgan fingerprint density at radius 1 is 0.609 bits per heavy atom. The van der Waals surface area contributed by atoms with E-state index in [4.69, 9.17) is 9.47 Å². The van der Waals surface area contributed by atoms with Gasteiger partial charge >= 0.3 is 0 Å². The standard InChI is InChI=1S/C38H34N2O6/c1-3-45-24-14-10-22(11-15-24)39-35(41)29-20-28(21-8-6-5-7-9-21)30-26-18-19-27(31(30)34(29)38(39)44)33-32(26)36(42)40(37(33)43)23-12-16-25(17-13-23)46-4-2/h5-19,26-27,29,31-34H,3-4,20H2,1-2H3/t26-,27-,29-,31+,32-,33+,34+/m1/s1. The van der Waals surface area contributed by atoms with Gasteiger partial charge < -0.3 is 9.47 Å². The fraction of sp³-hybridized carbons (Fsp3) is 0.316. The van der Waals surface area contributed by atoms with Gasteiger partial charge in [-0.15, -0.1) is 0 Å². The van der Waals surface area contributed by atoms with Gasteiger partial charge in [0.15, 0.2) is 0 Å². The molecule has 0 spiro atoms. The fourth-order valence-electron chi connectivity index (χ4n) is 8.74. The second-order valence-electron chi connectivity index (χ2n) is 12.6. The van der Waals surface area contributed by atoms with Crippen molar-refractivity contribution in [3.8, 4) is 11.5 Å². The lowest BCUT2D eigenvalue weighted by Crippen LogP contribution is -2.51. The van der Waals surface area contributed by atoms with Crippen LogP contribution in [0.5, 0.6) is 11.5 Å². The Balaban J connectivity index is 1.22. The Morgan fingerprint density at radius 3 is 1.74 bits per heavy atom. The number of hydrogen-bond donors (Lipinski definition) is 0. The summed E-state index contributed by atoms with van der Waals surface area (Å²) in [4.78, 5) is 59.7. The molecule has 6 aliphatic rings. The van der Waals surface area contributed by atoms with Gasteiger partial charge in [-0.2, -0.15) is 0 Å². The summed E-state index contributed by atoms with van der Waals surface area (Å²) in [6, 6.07) is 24.0. The SMILES string of the molecule is CCOc1ccc(N2C(=O)[C@H]3[C@@H]4C=C[C@H](C5=C(c6ccccc6)C[C@H]6C(=O)N(c7ccc(OCC)cc7)C(=O)[C@@H]6[C@H]54)[C@H]3C2=O)cc1. The van der Waals surface area contributed by atoms with Gasteiger partial charge in [0.05, 0.1) is 48.3 Å². The second-order valence-corrected chi connectivity index (χ2v) is 12.6. The lowest BCUT2D eigenvalue weighted by Gasteiger charge is -2.51. The number of fused-ring (bicyclic) bond motifs is 1. The number of ether oxygens (including phenoxy) is 2. The van der Waals surface area contributed by atoms with Crippen LogP contribution in [-0.2, 0) is 19.2 Å². The molecule has 4 amide bonds. The van der Waals surface area contributed by atoms with Gasteiger partial charge in [0.2, 0.25) is 23.6 Å². The quantitative estimate of drug-likeness (QED) is 0.251. The van der Waals surface area contributed by atoms with Gasteiger partial charge in [-0.1, -0.05) is 48.1 Å². The molecule has 8 heteroatoms. The van der Waals surface area contributed by atoms with Crippen molar-refractivity contribution in [2.75, 3.05) is 23.0 Å². The molecule has 2 saturated heterocycles. The number of nitrogens with zero attached hydrogens (tertiary/aromatic N) is 2. The lowest BCUT2D eigenvalue weighted by atomic mass is 9.49.